The minimum Gasteiger partial charge on any atom is -0.504 e. The van der Waals surface area contributed by atoms with E-state index in [-0.39, 0.29) is 29.8 Å². The molecule has 24 heavy (non-hydrogen) atoms. The maximum atomic E-state index is 12.0. The van der Waals surface area contributed by atoms with E-state index >= 15 is 0 Å². The Balaban J connectivity index is 0.00000288. The number of nitrogens with zero attached hydrogens (tertiary/aromatic N) is 2. The molecule has 1 heterocycles. The van der Waals surface area contributed by atoms with Gasteiger partial charge in [0, 0.05) is 6.54 Å². The largest absolute Gasteiger partial charge is 0.504 e. The Labute approximate surface area is 148 Å². The molecule has 0 fully saturated rings. The minimum atomic E-state index is -0.378. The van der Waals surface area contributed by atoms with E-state index in [0.717, 1.165) is 18.5 Å². The zero-order valence-corrected chi connectivity index (χ0v) is 14.8. The lowest BCUT2D eigenvalue weighted by molar-refractivity contribution is 0.0945. The summed E-state index contributed by atoms with van der Waals surface area (Å²) in [4.78, 5) is 12.0. The predicted molar refractivity (Wildman–Crippen MR) is 97.2 cm³/mol. The van der Waals surface area contributed by atoms with Crippen molar-refractivity contribution in [3.8, 4) is 11.4 Å². The summed E-state index contributed by atoms with van der Waals surface area (Å²) < 4.78 is 1.51. The highest BCUT2D eigenvalue weighted by atomic mass is 35.5. The zero-order chi connectivity index (χ0) is 16.8. The number of hydrogen-bond donors (Lipinski definition) is 3. The van der Waals surface area contributed by atoms with Gasteiger partial charge in [-0.3, -0.25) is 4.79 Å². The van der Waals surface area contributed by atoms with Gasteiger partial charge in [0.05, 0.1) is 11.9 Å². The first-order valence-corrected chi connectivity index (χ1v) is 7.90. The van der Waals surface area contributed by atoms with Gasteiger partial charge in [0.1, 0.15) is 0 Å². The molecule has 132 valence electrons. The van der Waals surface area contributed by atoms with Crippen LogP contribution in [0.5, 0.6) is 5.75 Å². The Morgan fingerprint density at radius 3 is 2.54 bits per heavy atom. The fraction of sp³-hybridized carbons (Fsp3) is 0.412. The summed E-state index contributed by atoms with van der Waals surface area (Å²) in [5.41, 5.74) is 7.47. The molecule has 0 radical (unpaired) electrons. The van der Waals surface area contributed by atoms with Crippen LogP contribution in [0.2, 0.25) is 0 Å². The molecule has 0 saturated heterocycles. The van der Waals surface area contributed by atoms with Crippen molar-refractivity contribution in [1.29, 1.82) is 0 Å². The highest BCUT2D eigenvalue weighted by Gasteiger charge is 2.16. The average Bonchev–Trinajstić information content (AvgIpc) is 2.93. The minimum absolute atomic E-state index is 0. The van der Waals surface area contributed by atoms with E-state index < -0.39 is 0 Å². The highest BCUT2D eigenvalue weighted by Crippen LogP contribution is 2.20. The van der Waals surface area contributed by atoms with Gasteiger partial charge in [-0.1, -0.05) is 26.0 Å². The zero-order valence-electron chi connectivity index (χ0n) is 14.0. The molecule has 0 aliphatic carbocycles. The molecule has 0 bridgehead atoms. The molecule has 0 atom stereocenters. The Hall–Kier alpha value is -2.05. The number of carbonyl (C=O) groups excluding carboxylic acids is 1. The van der Waals surface area contributed by atoms with Crippen molar-refractivity contribution in [2.24, 2.45) is 5.73 Å². The van der Waals surface area contributed by atoms with Crippen LogP contribution >= 0.6 is 12.4 Å². The number of unbranched alkanes of at least 4 members (excludes halogenated alkanes) is 1. The van der Waals surface area contributed by atoms with E-state index in [4.69, 9.17) is 5.73 Å². The number of aromatic nitrogens is 2. The number of nitrogens with two attached hydrogens (primary N) is 1. The van der Waals surface area contributed by atoms with E-state index in [1.54, 1.807) is 0 Å². The number of rotatable bonds is 7. The fourth-order valence-corrected chi connectivity index (χ4v) is 2.23. The predicted octanol–water partition coefficient (Wildman–Crippen LogP) is 2.59. The molecule has 0 aliphatic rings. The van der Waals surface area contributed by atoms with E-state index in [9.17, 15) is 9.90 Å². The van der Waals surface area contributed by atoms with Crippen molar-refractivity contribution >= 4 is 18.3 Å². The Morgan fingerprint density at radius 1 is 1.29 bits per heavy atom. The van der Waals surface area contributed by atoms with Gasteiger partial charge in [-0.15, -0.1) is 12.4 Å². The second kappa shape index (κ2) is 9.30. The molecule has 0 unspecified atom stereocenters. The van der Waals surface area contributed by atoms with Gasteiger partial charge in [0.15, 0.2) is 11.4 Å². The number of hydrogen-bond acceptors (Lipinski definition) is 4. The number of carbonyl (C=O) groups is 1. The molecule has 7 heteroatoms. The third-order valence-corrected chi connectivity index (χ3v) is 3.65. The summed E-state index contributed by atoms with van der Waals surface area (Å²) in [6, 6.07) is 7.88. The van der Waals surface area contributed by atoms with Gasteiger partial charge in [0.25, 0.3) is 5.91 Å². The van der Waals surface area contributed by atoms with E-state index in [0.29, 0.717) is 19.0 Å². The molecule has 0 aliphatic heterocycles. The van der Waals surface area contributed by atoms with Gasteiger partial charge in [0.2, 0.25) is 0 Å². The van der Waals surface area contributed by atoms with Crippen molar-refractivity contribution in [3.63, 3.8) is 0 Å². The molecule has 1 aromatic heterocycles. The quantitative estimate of drug-likeness (QED) is 0.668. The second-order valence-electron chi connectivity index (χ2n) is 5.81. The van der Waals surface area contributed by atoms with Crippen LogP contribution in [-0.4, -0.2) is 33.9 Å². The van der Waals surface area contributed by atoms with E-state index in [2.05, 4.69) is 24.3 Å². The van der Waals surface area contributed by atoms with Crippen LogP contribution in [0.3, 0.4) is 0 Å². The number of aromatic hydroxyl groups is 1. The standard InChI is InChI=1S/C17H24N4O2.ClH/c1-12(2)13-5-7-14(8-6-13)21-11-15(22)16(20-21)17(23)19-10-4-3-9-18;/h5-8,11-12,22H,3-4,9-10,18H2,1-2H3,(H,19,23);1H. The SMILES string of the molecule is CC(C)c1ccc(-n2cc(O)c(C(=O)NCCCCN)n2)cc1.Cl. The van der Waals surface area contributed by atoms with Crippen LogP contribution in [0.4, 0.5) is 0 Å². The maximum Gasteiger partial charge on any atom is 0.275 e. The summed E-state index contributed by atoms with van der Waals surface area (Å²) in [6.07, 6.45) is 3.10. The lowest BCUT2D eigenvalue weighted by Gasteiger charge is -2.06. The van der Waals surface area contributed by atoms with Crippen LogP contribution in [-0.2, 0) is 0 Å². The van der Waals surface area contributed by atoms with E-state index in [1.807, 2.05) is 24.3 Å². The lowest BCUT2D eigenvalue weighted by atomic mass is 10.0. The van der Waals surface area contributed by atoms with Gasteiger partial charge >= 0.3 is 0 Å². The van der Waals surface area contributed by atoms with Crippen LogP contribution < -0.4 is 11.1 Å². The van der Waals surface area contributed by atoms with Crippen LogP contribution in [0, 0.1) is 0 Å². The molecule has 1 aromatic carbocycles. The number of halogens is 1. The van der Waals surface area contributed by atoms with Crippen LogP contribution in [0.15, 0.2) is 30.5 Å². The van der Waals surface area contributed by atoms with Gasteiger partial charge < -0.3 is 16.2 Å². The summed E-state index contributed by atoms with van der Waals surface area (Å²) in [5.74, 6) is -0.0590. The first-order valence-electron chi connectivity index (χ1n) is 7.90. The van der Waals surface area contributed by atoms with Gasteiger partial charge in [-0.25, -0.2) is 4.68 Å². The van der Waals surface area contributed by atoms with Gasteiger partial charge in [-0.2, -0.15) is 5.10 Å². The normalized spacial score (nSPS) is 10.5. The fourth-order valence-electron chi connectivity index (χ4n) is 2.23. The van der Waals surface area contributed by atoms with Crippen molar-refractivity contribution in [2.45, 2.75) is 32.6 Å². The summed E-state index contributed by atoms with van der Waals surface area (Å²) in [5, 5.41) is 16.9. The highest BCUT2D eigenvalue weighted by molar-refractivity contribution is 5.94. The van der Waals surface area contributed by atoms with Crippen LogP contribution in [0.25, 0.3) is 5.69 Å². The molecular formula is C17H25ClN4O2. The third kappa shape index (κ3) is 4.97. The van der Waals surface area contributed by atoms with Crippen molar-refractivity contribution in [2.75, 3.05) is 13.1 Å². The molecule has 2 rings (SSSR count). The third-order valence-electron chi connectivity index (χ3n) is 3.65. The molecule has 0 spiro atoms. The summed E-state index contributed by atoms with van der Waals surface area (Å²) >= 11 is 0. The number of benzene rings is 1. The molecule has 6 nitrogen and oxygen atoms in total. The van der Waals surface area contributed by atoms with Crippen molar-refractivity contribution in [1.82, 2.24) is 15.1 Å². The average molecular weight is 353 g/mol. The number of nitrogens with one attached hydrogen (secondary N) is 1. The topological polar surface area (TPSA) is 93.2 Å². The van der Waals surface area contributed by atoms with Gasteiger partial charge in [-0.05, 0) is 43.0 Å². The lowest BCUT2D eigenvalue weighted by Crippen LogP contribution is -2.25. The molecular weight excluding hydrogens is 328 g/mol. The van der Waals surface area contributed by atoms with Crippen LogP contribution in [0.1, 0.15) is 48.7 Å². The molecule has 4 N–H and O–H groups in total. The van der Waals surface area contributed by atoms with Crippen molar-refractivity contribution in [3.05, 3.63) is 41.7 Å². The maximum absolute atomic E-state index is 12.0. The smallest absolute Gasteiger partial charge is 0.275 e. The molecule has 1 amide bonds. The first kappa shape index (κ1) is 20.0. The molecule has 0 saturated carbocycles. The first-order chi connectivity index (χ1) is 11.0. The van der Waals surface area contributed by atoms with Crippen molar-refractivity contribution < 1.29 is 9.90 Å². The summed E-state index contributed by atoms with van der Waals surface area (Å²) in [6.45, 7) is 5.37. The Bertz CT molecular complexity index is 653. The Kier molecular flexibility index (Phi) is 7.74. The second-order valence-corrected chi connectivity index (χ2v) is 5.81. The monoisotopic (exact) mass is 352 g/mol. The Morgan fingerprint density at radius 2 is 1.96 bits per heavy atom. The summed E-state index contributed by atoms with van der Waals surface area (Å²) in [7, 11) is 0. The van der Waals surface area contributed by atoms with E-state index in [1.165, 1.54) is 16.4 Å². The molecule has 2 aromatic rings. The number of amides is 1.